The molecule has 2 unspecified atom stereocenters. The van der Waals surface area contributed by atoms with Crippen molar-refractivity contribution in [3.05, 3.63) is 22.8 Å². The van der Waals surface area contributed by atoms with Crippen molar-refractivity contribution in [1.82, 2.24) is 15.3 Å². The van der Waals surface area contributed by atoms with Crippen LogP contribution in [0.25, 0.3) is 0 Å². The molecule has 0 aliphatic heterocycles. The van der Waals surface area contributed by atoms with E-state index in [1.807, 2.05) is 6.92 Å². The van der Waals surface area contributed by atoms with Gasteiger partial charge >= 0.3 is 0 Å². The van der Waals surface area contributed by atoms with Crippen LogP contribution in [-0.4, -0.2) is 30.2 Å². The molecule has 0 radical (unpaired) electrons. The molecule has 0 bridgehead atoms. The van der Waals surface area contributed by atoms with Gasteiger partial charge in [-0.2, -0.15) is 0 Å². The summed E-state index contributed by atoms with van der Waals surface area (Å²) >= 11 is 0. The maximum atomic E-state index is 5.33. The van der Waals surface area contributed by atoms with Gasteiger partial charge in [-0.05, 0) is 64.1 Å². The SMILES string of the molecule is CCCNCC1CCc2nc(C(C)OC)nc(C)c2C1. The third kappa shape index (κ3) is 3.55. The van der Waals surface area contributed by atoms with Crippen LogP contribution in [0.5, 0.6) is 0 Å². The van der Waals surface area contributed by atoms with E-state index in [0.717, 1.165) is 43.4 Å². The standard InChI is InChI=1S/C16H27N3O/c1-5-8-17-10-13-6-7-15-14(9-13)11(2)18-16(19-15)12(3)20-4/h12-13,17H,5-10H2,1-4H3. The number of fused-ring (bicyclic) bond motifs is 1. The lowest BCUT2D eigenvalue weighted by Crippen LogP contribution is -2.29. The minimum atomic E-state index is -0.0251. The first-order valence-electron chi connectivity index (χ1n) is 7.75. The van der Waals surface area contributed by atoms with Crippen molar-refractivity contribution < 1.29 is 4.74 Å². The molecule has 0 saturated heterocycles. The van der Waals surface area contributed by atoms with Crippen molar-refractivity contribution in [1.29, 1.82) is 0 Å². The molecule has 0 amide bonds. The van der Waals surface area contributed by atoms with Crippen molar-refractivity contribution in [2.24, 2.45) is 5.92 Å². The average Bonchev–Trinajstić information content (AvgIpc) is 2.47. The highest BCUT2D eigenvalue weighted by atomic mass is 16.5. The average molecular weight is 277 g/mol. The molecule has 112 valence electrons. The van der Waals surface area contributed by atoms with Gasteiger partial charge in [-0.25, -0.2) is 9.97 Å². The van der Waals surface area contributed by atoms with E-state index in [9.17, 15) is 0 Å². The zero-order valence-corrected chi connectivity index (χ0v) is 13.2. The summed E-state index contributed by atoms with van der Waals surface area (Å²) in [5.74, 6) is 1.55. The summed E-state index contributed by atoms with van der Waals surface area (Å²) in [5.41, 5.74) is 3.74. The van der Waals surface area contributed by atoms with Crippen LogP contribution in [0, 0.1) is 12.8 Å². The number of hydrogen-bond acceptors (Lipinski definition) is 4. The number of aryl methyl sites for hydroxylation is 2. The van der Waals surface area contributed by atoms with Crippen molar-refractivity contribution in [2.45, 2.75) is 52.6 Å². The third-order valence-corrected chi connectivity index (χ3v) is 4.18. The Hall–Kier alpha value is -1.00. The molecule has 2 rings (SSSR count). The van der Waals surface area contributed by atoms with Crippen LogP contribution in [-0.2, 0) is 17.6 Å². The fraction of sp³-hybridized carbons (Fsp3) is 0.750. The van der Waals surface area contributed by atoms with E-state index in [-0.39, 0.29) is 6.10 Å². The summed E-state index contributed by atoms with van der Waals surface area (Å²) in [6.07, 6.45) is 4.58. The van der Waals surface area contributed by atoms with Gasteiger partial charge in [-0.15, -0.1) is 0 Å². The molecule has 1 aliphatic rings. The second-order valence-corrected chi connectivity index (χ2v) is 5.78. The van der Waals surface area contributed by atoms with Crippen LogP contribution < -0.4 is 5.32 Å². The van der Waals surface area contributed by atoms with E-state index in [2.05, 4.69) is 24.1 Å². The number of aromatic nitrogens is 2. The number of nitrogens with one attached hydrogen (secondary N) is 1. The Bertz CT molecular complexity index is 448. The second kappa shape index (κ2) is 7.14. The quantitative estimate of drug-likeness (QED) is 0.812. The summed E-state index contributed by atoms with van der Waals surface area (Å²) in [4.78, 5) is 9.35. The van der Waals surface area contributed by atoms with Gasteiger partial charge < -0.3 is 10.1 Å². The van der Waals surface area contributed by atoms with E-state index < -0.39 is 0 Å². The van der Waals surface area contributed by atoms with E-state index in [1.54, 1.807) is 7.11 Å². The Labute approximate surface area is 122 Å². The maximum Gasteiger partial charge on any atom is 0.157 e. The van der Waals surface area contributed by atoms with Crippen molar-refractivity contribution in [3.63, 3.8) is 0 Å². The molecule has 0 saturated carbocycles. The summed E-state index contributed by atoms with van der Waals surface area (Å²) in [7, 11) is 1.71. The van der Waals surface area contributed by atoms with Crippen LogP contribution in [0.1, 0.15) is 55.6 Å². The Kier molecular flexibility index (Phi) is 5.49. The number of hydrogen-bond donors (Lipinski definition) is 1. The van der Waals surface area contributed by atoms with E-state index >= 15 is 0 Å². The number of ether oxygens (including phenoxy) is 1. The van der Waals surface area contributed by atoms with E-state index in [4.69, 9.17) is 9.72 Å². The summed E-state index contributed by atoms with van der Waals surface area (Å²) < 4.78 is 5.33. The molecule has 0 aromatic carbocycles. The lowest BCUT2D eigenvalue weighted by Gasteiger charge is -2.26. The molecule has 0 fully saturated rings. The van der Waals surface area contributed by atoms with Gasteiger partial charge in [0.2, 0.25) is 0 Å². The second-order valence-electron chi connectivity index (χ2n) is 5.78. The minimum Gasteiger partial charge on any atom is -0.374 e. The lowest BCUT2D eigenvalue weighted by atomic mass is 9.85. The normalized spacial score (nSPS) is 19.7. The maximum absolute atomic E-state index is 5.33. The molecular formula is C16H27N3O. The van der Waals surface area contributed by atoms with Crippen LogP contribution in [0.2, 0.25) is 0 Å². The van der Waals surface area contributed by atoms with E-state index in [1.165, 1.54) is 24.1 Å². The summed E-state index contributed by atoms with van der Waals surface area (Å²) in [6, 6.07) is 0. The predicted octanol–water partition coefficient (Wildman–Crippen LogP) is 2.60. The Morgan fingerprint density at radius 2 is 2.20 bits per heavy atom. The predicted molar refractivity (Wildman–Crippen MR) is 80.9 cm³/mol. The first-order chi connectivity index (χ1) is 9.65. The number of nitrogens with zero attached hydrogens (tertiary/aromatic N) is 2. The zero-order chi connectivity index (χ0) is 14.5. The first-order valence-corrected chi connectivity index (χ1v) is 7.75. The van der Waals surface area contributed by atoms with Crippen molar-refractivity contribution >= 4 is 0 Å². The Morgan fingerprint density at radius 1 is 1.40 bits per heavy atom. The van der Waals surface area contributed by atoms with Gasteiger partial charge in [0.1, 0.15) is 6.10 Å². The van der Waals surface area contributed by atoms with Crippen LogP contribution in [0.15, 0.2) is 0 Å². The third-order valence-electron chi connectivity index (χ3n) is 4.18. The molecule has 1 aromatic heterocycles. The summed E-state index contributed by atoms with van der Waals surface area (Å²) in [6.45, 7) is 8.54. The van der Waals surface area contributed by atoms with Gasteiger partial charge in [0.25, 0.3) is 0 Å². The molecule has 0 spiro atoms. The molecule has 1 aliphatic carbocycles. The van der Waals surface area contributed by atoms with Crippen molar-refractivity contribution in [3.8, 4) is 0 Å². The highest BCUT2D eigenvalue weighted by Crippen LogP contribution is 2.27. The highest BCUT2D eigenvalue weighted by Gasteiger charge is 2.23. The van der Waals surface area contributed by atoms with Gasteiger partial charge in [0.05, 0.1) is 0 Å². The smallest absolute Gasteiger partial charge is 0.157 e. The molecule has 2 atom stereocenters. The van der Waals surface area contributed by atoms with Gasteiger partial charge in [0.15, 0.2) is 5.82 Å². The molecule has 1 N–H and O–H groups in total. The van der Waals surface area contributed by atoms with E-state index in [0.29, 0.717) is 0 Å². The van der Waals surface area contributed by atoms with Crippen molar-refractivity contribution in [2.75, 3.05) is 20.2 Å². The largest absolute Gasteiger partial charge is 0.374 e. The van der Waals surface area contributed by atoms with Gasteiger partial charge in [-0.1, -0.05) is 6.92 Å². The first kappa shape index (κ1) is 15.4. The molecule has 1 heterocycles. The molecule has 20 heavy (non-hydrogen) atoms. The fourth-order valence-corrected chi connectivity index (χ4v) is 2.83. The van der Waals surface area contributed by atoms with Crippen LogP contribution >= 0.6 is 0 Å². The number of methoxy groups -OCH3 is 1. The summed E-state index contributed by atoms with van der Waals surface area (Å²) in [5, 5.41) is 3.53. The molecule has 1 aromatic rings. The Morgan fingerprint density at radius 3 is 2.90 bits per heavy atom. The number of rotatable bonds is 6. The lowest BCUT2D eigenvalue weighted by molar-refractivity contribution is 0.111. The zero-order valence-electron chi connectivity index (χ0n) is 13.2. The Balaban J connectivity index is 2.09. The van der Waals surface area contributed by atoms with Crippen LogP contribution in [0.3, 0.4) is 0 Å². The van der Waals surface area contributed by atoms with Crippen LogP contribution in [0.4, 0.5) is 0 Å². The fourth-order valence-electron chi connectivity index (χ4n) is 2.83. The minimum absolute atomic E-state index is 0.0251. The molecule has 4 nitrogen and oxygen atoms in total. The monoisotopic (exact) mass is 277 g/mol. The molecular weight excluding hydrogens is 250 g/mol. The van der Waals surface area contributed by atoms with Gasteiger partial charge in [0, 0.05) is 18.5 Å². The van der Waals surface area contributed by atoms with Gasteiger partial charge in [-0.3, -0.25) is 0 Å². The topological polar surface area (TPSA) is 47.0 Å². The molecule has 4 heteroatoms. The highest BCUT2D eigenvalue weighted by molar-refractivity contribution is 5.28.